The van der Waals surface area contributed by atoms with Crippen LogP contribution in [0.3, 0.4) is 0 Å². The Balaban J connectivity index is 0.000000184. The van der Waals surface area contributed by atoms with E-state index in [-0.39, 0.29) is 14.1 Å². The Bertz CT molecular complexity index is 1010. The second-order valence-corrected chi connectivity index (χ2v) is 8.32. The molecule has 150 valence electrons. The predicted octanol–water partition coefficient (Wildman–Crippen LogP) is 8.08. The molecule has 0 aliphatic heterocycles. The predicted molar refractivity (Wildman–Crippen MR) is 130 cm³/mol. The molecular formula is C28H28OP+. The molecule has 4 aromatic rings. The van der Waals surface area contributed by atoms with E-state index >= 15 is 0 Å². The molecular weight excluding hydrogens is 383 g/mol. The molecule has 0 aromatic heterocycles. The van der Waals surface area contributed by atoms with E-state index < -0.39 is 0 Å². The summed E-state index contributed by atoms with van der Waals surface area (Å²) in [5.74, 6) is 0. The van der Waals surface area contributed by atoms with Crippen molar-refractivity contribution in [3.8, 4) is 11.1 Å². The van der Waals surface area contributed by atoms with Gasteiger partial charge in [-0.3, -0.25) is 0 Å². The third-order valence-electron chi connectivity index (χ3n) is 5.16. The zero-order valence-electron chi connectivity index (χ0n) is 17.8. The van der Waals surface area contributed by atoms with E-state index in [9.17, 15) is 4.57 Å². The number of hydrogen-bond donors (Lipinski definition) is 0. The van der Waals surface area contributed by atoms with Crippen molar-refractivity contribution in [1.82, 2.24) is 0 Å². The Morgan fingerprint density at radius 2 is 1.00 bits per heavy atom. The highest BCUT2D eigenvalue weighted by Gasteiger charge is 2.24. The number of benzene rings is 4. The topological polar surface area (TPSA) is 17.1 Å². The summed E-state index contributed by atoms with van der Waals surface area (Å²) in [4.78, 5) is 0. The Morgan fingerprint density at radius 3 is 1.40 bits per heavy atom. The van der Waals surface area contributed by atoms with E-state index in [1.54, 1.807) is 0 Å². The van der Waals surface area contributed by atoms with Gasteiger partial charge in [-0.15, -0.1) is 0 Å². The first-order chi connectivity index (χ1) is 14.6. The molecule has 0 saturated carbocycles. The van der Waals surface area contributed by atoms with Gasteiger partial charge in [0.1, 0.15) is 0 Å². The molecule has 0 radical (unpaired) electrons. The maximum Gasteiger partial charge on any atom is 0.337 e. The third-order valence-corrected chi connectivity index (χ3v) is 6.02. The first-order valence-electron chi connectivity index (χ1n) is 10.2. The zero-order chi connectivity index (χ0) is 21.3. The summed E-state index contributed by atoms with van der Waals surface area (Å²) >= 11 is 0. The van der Waals surface area contributed by atoms with Crippen LogP contribution in [0, 0.1) is 20.8 Å². The molecule has 0 aliphatic carbocycles. The van der Waals surface area contributed by atoms with Gasteiger partial charge in [0.15, 0.2) is 0 Å². The quantitative estimate of drug-likeness (QED) is 0.310. The highest BCUT2D eigenvalue weighted by atomic mass is 31.1. The molecule has 0 heterocycles. The van der Waals surface area contributed by atoms with Crippen LogP contribution in [-0.2, 0) is 4.57 Å². The molecule has 0 bridgehead atoms. The Kier molecular flexibility index (Phi) is 7.71. The molecule has 30 heavy (non-hydrogen) atoms. The SMILES string of the molecule is Cc1cc(C)c(C([PH+]=O)c2ccccc2)c(C)c1.c1ccc(-c2ccccc2)cc1. The van der Waals surface area contributed by atoms with Crippen LogP contribution in [0.5, 0.6) is 0 Å². The standard InChI is InChI=1S/C16H17OP.C12H10/c1-11-9-12(2)15(13(3)10-11)16(18-17)14-7-5-4-6-8-14;1-3-7-11(8-4-1)12-9-5-2-6-10-12/h4-10,16H,1-3H3;1-10H/p+1. The summed E-state index contributed by atoms with van der Waals surface area (Å²) in [6, 6.07) is 35.2. The molecule has 0 aliphatic rings. The van der Waals surface area contributed by atoms with Crippen LogP contribution in [0.25, 0.3) is 11.1 Å². The highest BCUT2D eigenvalue weighted by molar-refractivity contribution is 7.24. The van der Waals surface area contributed by atoms with Gasteiger partial charge in [-0.05, 0) is 43.0 Å². The van der Waals surface area contributed by atoms with Crippen molar-refractivity contribution >= 4 is 8.46 Å². The third kappa shape index (κ3) is 5.53. The van der Waals surface area contributed by atoms with Gasteiger partial charge in [0.25, 0.3) is 0 Å². The van der Waals surface area contributed by atoms with Crippen LogP contribution in [0.4, 0.5) is 0 Å². The van der Waals surface area contributed by atoms with Gasteiger partial charge in [0, 0.05) is 11.1 Å². The average molecular weight is 412 g/mol. The Labute approximate surface area is 181 Å². The van der Waals surface area contributed by atoms with E-state index in [1.807, 2.05) is 42.5 Å². The monoisotopic (exact) mass is 411 g/mol. The first-order valence-corrected chi connectivity index (χ1v) is 11.2. The maximum absolute atomic E-state index is 11.6. The van der Waals surface area contributed by atoms with Gasteiger partial charge in [0.2, 0.25) is 5.66 Å². The van der Waals surface area contributed by atoms with E-state index in [0.717, 1.165) is 5.56 Å². The molecule has 2 atom stereocenters. The molecule has 0 amide bonds. The summed E-state index contributed by atoms with van der Waals surface area (Å²) in [5.41, 5.74) is 8.59. The highest BCUT2D eigenvalue weighted by Crippen LogP contribution is 2.38. The van der Waals surface area contributed by atoms with Crippen molar-refractivity contribution in [1.29, 1.82) is 0 Å². The van der Waals surface area contributed by atoms with Crippen LogP contribution in [0.15, 0.2) is 103 Å². The molecule has 0 N–H and O–H groups in total. The van der Waals surface area contributed by atoms with Crippen LogP contribution >= 0.6 is 8.46 Å². The van der Waals surface area contributed by atoms with Crippen molar-refractivity contribution in [2.45, 2.75) is 26.4 Å². The smallest absolute Gasteiger partial charge is 0.0764 e. The summed E-state index contributed by atoms with van der Waals surface area (Å²) in [5, 5.41) is 0. The summed E-state index contributed by atoms with van der Waals surface area (Å²) < 4.78 is 11.6. The second-order valence-electron chi connectivity index (χ2n) is 7.51. The fraction of sp³-hybridized carbons (Fsp3) is 0.143. The fourth-order valence-electron chi connectivity index (χ4n) is 3.85. The summed E-state index contributed by atoms with van der Waals surface area (Å²) in [6.07, 6.45) is 0. The largest absolute Gasteiger partial charge is 0.337 e. The molecule has 0 spiro atoms. The number of rotatable bonds is 4. The molecule has 4 rings (SSSR count). The lowest BCUT2D eigenvalue weighted by Gasteiger charge is -2.13. The lowest BCUT2D eigenvalue weighted by atomic mass is 9.94. The van der Waals surface area contributed by atoms with Crippen LogP contribution in [0.2, 0.25) is 0 Å². The van der Waals surface area contributed by atoms with Crippen LogP contribution in [0.1, 0.15) is 33.5 Å². The van der Waals surface area contributed by atoms with Gasteiger partial charge in [-0.2, -0.15) is 0 Å². The molecule has 4 aromatic carbocycles. The van der Waals surface area contributed by atoms with Crippen molar-refractivity contribution in [2.24, 2.45) is 0 Å². The van der Waals surface area contributed by atoms with E-state index in [1.165, 1.54) is 33.4 Å². The molecule has 0 fully saturated rings. The van der Waals surface area contributed by atoms with Gasteiger partial charge < -0.3 is 0 Å². The number of hydrogen-bond acceptors (Lipinski definition) is 1. The minimum Gasteiger partial charge on any atom is -0.0764 e. The van der Waals surface area contributed by atoms with E-state index in [4.69, 9.17) is 0 Å². The van der Waals surface area contributed by atoms with Crippen molar-refractivity contribution in [2.75, 3.05) is 0 Å². The van der Waals surface area contributed by atoms with E-state index in [0.29, 0.717) is 0 Å². The lowest BCUT2D eigenvalue weighted by molar-refractivity contribution is 0.595. The molecule has 1 nitrogen and oxygen atoms in total. The molecule has 2 heteroatoms. The Hall–Kier alpha value is -3.02. The minimum atomic E-state index is -0.357. The number of aryl methyl sites for hydroxylation is 3. The molecule has 0 saturated heterocycles. The summed E-state index contributed by atoms with van der Waals surface area (Å²) in [6.45, 7) is 6.30. The van der Waals surface area contributed by atoms with Gasteiger partial charge in [0.05, 0.1) is 0 Å². The van der Waals surface area contributed by atoms with Crippen molar-refractivity contribution in [3.05, 3.63) is 131 Å². The normalized spacial score (nSPS) is 11.4. The van der Waals surface area contributed by atoms with Crippen molar-refractivity contribution < 1.29 is 4.57 Å². The van der Waals surface area contributed by atoms with Gasteiger partial charge in [-0.25, -0.2) is 0 Å². The molecule has 2 unspecified atom stereocenters. The first kappa shape index (κ1) is 21.7. The van der Waals surface area contributed by atoms with Gasteiger partial charge >= 0.3 is 8.46 Å². The van der Waals surface area contributed by atoms with E-state index in [2.05, 4.69) is 81.4 Å². The van der Waals surface area contributed by atoms with Gasteiger partial charge in [-0.1, -0.05) is 113 Å². The zero-order valence-corrected chi connectivity index (χ0v) is 18.8. The fourth-order valence-corrected chi connectivity index (χ4v) is 4.75. The van der Waals surface area contributed by atoms with Crippen LogP contribution < -0.4 is 0 Å². The maximum atomic E-state index is 11.6. The average Bonchev–Trinajstić information content (AvgIpc) is 2.78. The minimum absolute atomic E-state index is 0.00759. The lowest BCUT2D eigenvalue weighted by Crippen LogP contribution is -2.00. The second kappa shape index (κ2) is 10.7. The van der Waals surface area contributed by atoms with Crippen LogP contribution in [-0.4, -0.2) is 0 Å². The van der Waals surface area contributed by atoms with Crippen molar-refractivity contribution in [3.63, 3.8) is 0 Å². The summed E-state index contributed by atoms with van der Waals surface area (Å²) in [7, 11) is -0.357. The Morgan fingerprint density at radius 1 is 0.600 bits per heavy atom.